The van der Waals surface area contributed by atoms with E-state index in [2.05, 4.69) is 10.6 Å². The highest BCUT2D eigenvalue weighted by molar-refractivity contribution is 5.80. The molecule has 2 rings (SSSR count). The van der Waals surface area contributed by atoms with E-state index in [-0.39, 0.29) is 29.9 Å². The fourth-order valence-corrected chi connectivity index (χ4v) is 3.33. The summed E-state index contributed by atoms with van der Waals surface area (Å²) >= 11 is 0. The Morgan fingerprint density at radius 3 is 2.29 bits per heavy atom. The van der Waals surface area contributed by atoms with Crippen LogP contribution < -0.4 is 10.6 Å². The minimum atomic E-state index is -0.201. The molecule has 0 unspecified atom stereocenters. The number of hydrogen-bond donors (Lipinski definition) is 3. The predicted molar refractivity (Wildman–Crippen MR) is 80.6 cm³/mol. The molecule has 3 N–H and O–H groups in total. The molecule has 0 aromatic carbocycles. The Bertz CT molecular complexity index is 345. The molecule has 0 atom stereocenters. The SMILES string of the molecule is O=C(CCNC(=O)C1CCCCC1)NC1CCC(O)CC1. The van der Waals surface area contributed by atoms with Gasteiger partial charge in [0.1, 0.15) is 0 Å². The summed E-state index contributed by atoms with van der Waals surface area (Å²) in [5, 5.41) is 15.3. The average molecular weight is 296 g/mol. The number of carbonyl (C=O) groups excluding carboxylic acids is 2. The van der Waals surface area contributed by atoms with Gasteiger partial charge in [-0.05, 0) is 38.5 Å². The Morgan fingerprint density at radius 2 is 1.62 bits per heavy atom. The predicted octanol–water partition coefficient (Wildman–Crippen LogP) is 1.49. The van der Waals surface area contributed by atoms with Crippen LogP contribution in [0.15, 0.2) is 0 Å². The molecule has 0 aromatic rings. The van der Waals surface area contributed by atoms with E-state index in [1.807, 2.05) is 0 Å². The molecule has 120 valence electrons. The van der Waals surface area contributed by atoms with Crippen molar-refractivity contribution >= 4 is 11.8 Å². The Hall–Kier alpha value is -1.10. The third-order valence-electron chi connectivity index (χ3n) is 4.69. The van der Waals surface area contributed by atoms with Gasteiger partial charge < -0.3 is 15.7 Å². The van der Waals surface area contributed by atoms with Crippen LogP contribution in [0.4, 0.5) is 0 Å². The summed E-state index contributed by atoms with van der Waals surface area (Å²) in [7, 11) is 0. The lowest BCUT2D eigenvalue weighted by Crippen LogP contribution is -2.40. The lowest BCUT2D eigenvalue weighted by molar-refractivity contribution is -0.126. The molecular weight excluding hydrogens is 268 g/mol. The third-order valence-corrected chi connectivity index (χ3v) is 4.69. The number of carbonyl (C=O) groups is 2. The van der Waals surface area contributed by atoms with E-state index in [4.69, 9.17) is 0 Å². The molecule has 21 heavy (non-hydrogen) atoms. The summed E-state index contributed by atoms with van der Waals surface area (Å²) in [5.74, 6) is 0.269. The van der Waals surface area contributed by atoms with Crippen molar-refractivity contribution in [3.05, 3.63) is 0 Å². The zero-order valence-corrected chi connectivity index (χ0v) is 12.8. The second kappa shape index (κ2) is 8.37. The maximum absolute atomic E-state index is 11.9. The highest BCUT2D eigenvalue weighted by Crippen LogP contribution is 2.23. The average Bonchev–Trinajstić information content (AvgIpc) is 2.50. The van der Waals surface area contributed by atoms with Gasteiger partial charge in [0.25, 0.3) is 0 Å². The highest BCUT2D eigenvalue weighted by Gasteiger charge is 2.22. The second-order valence-corrected chi connectivity index (χ2v) is 6.45. The van der Waals surface area contributed by atoms with Crippen molar-refractivity contribution in [2.75, 3.05) is 6.54 Å². The number of aliphatic hydroxyl groups excluding tert-OH is 1. The second-order valence-electron chi connectivity index (χ2n) is 6.45. The van der Waals surface area contributed by atoms with E-state index >= 15 is 0 Å². The van der Waals surface area contributed by atoms with Crippen molar-refractivity contribution in [1.29, 1.82) is 0 Å². The van der Waals surface area contributed by atoms with Crippen LogP contribution >= 0.6 is 0 Å². The van der Waals surface area contributed by atoms with Gasteiger partial charge in [0.15, 0.2) is 0 Å². The minimum absolute atomic E-state index is 0.000309. The number of nitrogens with one attached hydrogen (secondary N) is 2. The van der Waals surface area contributed by atoms with E-state index in [9.17, 15) is 14.7 Å². The van der Waals surface area contributed by atoms with Crippen LogP contribution in [0.25, 0.3) is 0 Å². The highest BCUT2D eigenvalue weighted by atomic mass is 16.3. The normalized spacial score (nSPS) is 27.1. The molecule has 5 nitrogen and oxygen atoms in total. The molecule has 0 radical (unpaired) electrons. The van der Waals surface area contributed by atoms with Crippen LogP contribution in [0.3, 0.4) is 0 Å². The van der Waals surface area contributed by atoms with Gasteiger partial charge in [-0.1, -0.05) is 19.3 Å². The van der Waals surface area contributed by atoms with Crippen molar-refractivity contribution in [3.8, 4) is 0 Å². The lowest BCUT2D eigenvalue weighted by Gasteiger charge is -2.26. The van der Waals surface area contributed by atoms with E-state index < -0.39 is 0 Å². The molecule has 0 saturated heterocycles. The molecule has 2 amide bonds. The van der Waals surface area contributed by atoms with E-state index in [0.717, 1.165) is 51.4 Å². The molecular formula is C16H28N2O3. The zero-order valence-electron chi connectivity index (χ0n) is 12.8. The first-order chi connectivity index (χ1) is 10.1. The van der Waals surface area contributed by atoms with Crippen molar-refractivity contribution in [2.45, 2.75) is 76.4 Å². The molecule has 5 heteroatoms. The molecule has 0 aromatic heterocycles. The molecule has 0 aliphatic heterocycles. The molecule has 0 heterocycles. The van der Waals surface area contributed by atoms with Gasteiger partial charge in [0.2, 0.25) is 11.8 Å². The Balaban J connectivity index is 1.57. The van der Waals surface area contributed by atoms with Gasteiger partial charge >= 0.3 is 0 Å². The number of aliphatic hydroxyl groups is 1. The molecule has 2 fully saturated rings. The quantitative estimate of drug-likeness (QED) is 0.719. The van der Waals surface area contributed by atoms with E-state index in [1.165, 1.54) is 6.42 Å². The summed E-state index contributed by atoms with van der Waals surface area (Å²) in [5.41, 5.74) is 0. The van der Waals surface area contributed by atoms with Crippen LogP contribution in [0.5, 0.6) is 0 Å². The molecule has 2 aliphatic carbocycles. The van der Waals surface area contributed by atoms with Crippen LogP contribution in [0.2, 0.25) is 0 Å². The van der Waals surface area contributed by atoms with E-state index in [1.54, 1.807) is 0 Å². The maximum Gasteiger partial charge on any atom is 0.223 e. The summed E-state index contributed by atoms with van der Waals surface area (Å²) in [6.45, 7) is 0.427. The van der Waals surface area contributed by atoms with Crippen molar-refractivity contribution < 1.29 is 14.7 Å². The summed E-state index contributed by atoms with van der Waals surface area (Å²) < 4.78 is 0. The van der Waals surface area contributed by atoms with Gasteiger partial charge in [-0.15, -0.1) is 0 Å². The topological polar surface area (TPSA) is 78.4 Å². The van der Waals surface area contributed by atoms with Crippen LogP contribution in [0.1, 0.15) is 64.2 Å². The van der Waals surface area contributed by atoms with Gasteiger partial charge in [-0.3, -0.25) is 9.59 Å². The first kappa shape index (κ1) is 16.3. The van der Waals surface area contributed by atoms with Crippen LogP contribution in [-0.4, -0.2) is 35.6 Å². The first-order valence-electron chi connectivity index (χ1n) is 8.40. The monoisotopic (exact) mass is 296 g/mol. The maximum atomic E-state index is 11.9. The fraction of sp³-hybridized carbons (Fsp3) is 0.875. The number of rotatable bonds is 5. The Morgan fingerprint density at radius 1 is 0.952 bits per heavy atom. The minimum Gasteiger partial charge on any atom is -0.393 e. The lowest BCUT2D eigenvalue weighted by atomic mass is 9.89. The zero-order chi connectivity index (χ0) is 15.1. The Labute approximate surface area is 126 Å². The van der Waals surface area contributed by atoms with E-state index in [0.29, 0.717) is 13.0 Å². The molecule has 0 spiro atoms. The Kier molecular flexibility index (Phi) is 6.49. The number of hydrogen-bond acceptors (Lipinski definition) is 3. The molecule has 0 bridgehead atoms. The van der Waals surface area contributed by atoms with Crippen molar-refractivity contribution in [2.24, 2.45) is 5.92 Å². The third kappa shape index (κ3) is 5.65. The standard InChI is InChI=1S/C16H28N2O3/c19-14-8-6-13(7-9-14)18-15(20)10-11-17-16(21)12-4-2-1-3-5-12/h12-14,19H,1-11H2,(H,17,21)(H,18,20). The first-order valence-corrected chi connectivity index (χ1v) is 8.40. The van der Waals surface area contributed by atoms with Crippen LogP contribution in [-0.2, 0) is 9.59 Å². The smallest absolute Gasteiger partial charge is 0.223 e. The molecule has 2 saturated carbocycles. The van der Waals surface area contributed by atoms with Gasteiger partial charge in [-0.2, -0.15) is 0 Å². The van der Waals surface area contributed by atoms with Crippen LogP contribution in [0, 0.1) is 5.92 Å². The molecule has 2 aliphatic rings. The largest absolute Gasteiger partial charge is 0.393 e. The summed E-state index contributed by atoms with van der Waals surface area (Å²) in [6, 6.07) is 0.190. The van der Waals surface area contributed by atoms with Gasteiger partial charge in [-0.25, -0.2) is 0 Å². The van der Waals surface area contributed by atoms with Gasteiger partial charge in [0, 0.05) is 24.9 Å². The summed E-state index contributed by atoms with van der Waals surface area (Å²) in [4.78, 5) is 23.8. The van der Waals surface area contributed by atoms with Gasteiger partial charge in [0.05, 0.1) is 6.10 Å². The van der Waals surface area contributed by atoms with Crippen molar-refractivity contribution in [1.82, 2.24) is 10.6 Å². The van der Waals surface area contributed by atoms with Crippen molar-refractivity contribution in [3.63, 3.8) is 0 Å². The number of amides is 2. The summed E-state index contributed by atoms with van der Waals surface area (Å²) in [6.07, 6.45) is 8.88. The fourth-order valence-electron chi connectivity index (χ4n) is 3.33.